The van der Waals surface area contributed by atoms with Crippen LogP contribution in [0.5, 0.6) is 0 Å². The van der Waals surface area contributed by atoms with Gasteiger partial charge in [0.25, 0.3) is 0 Å². The highest BCUT2D eigenvalue weighted by molar-refractivity contribution is 7.92. The molecular formula is C23H20Cl2F3N3O5S2. The highest BCUT2D eigenvalue weighted by atomic mass is 35.5. The Hall–Kier alpha value is -2.71. The van der Waals surface area contributed by atoms with Crippen molar-refractivity contribution in [1.29, 1.82) is 0 Å². The maximum absolute atomic E-state index is 13.7. The van der Waals surface area contributed by atoms with E-state index in [1.165, 1.54) is 44.5 Å². The van der Waals surface area contributed by atoms with Crippen LogP contribution in [-0.2, 0) is 31.9 Å². The van der Waals surface area contributed by atoms with E-state index in [9.17, 15) is 30.6 Å². The number of alkyl halides is 3. The van der Waals surface area contributed by atoms with Crippen LogP contribution in [0, 0.1) is 0 Å². The van der Waals surface area contributed by atoms with Crippen LogP contribution in [0.4, 0.5) is 24.5 Å². The van der Waals surface area contributed by atoms with E-state index in [1.807, 2.05) is 0 Å². The molecule has 2 aromatic carbocycles. The van der Waals surface area contributed by atoms with Crippen LogP contribution < -0.4 is 8.61 Å². The van der Waals surface area contributed by atoms with E-state index in [2.05, 4.69) is 4.98 Å². The quantitative estimate of drug-likeness (QED) is 0.245. The first-order chi connectivity index (χ1) is 17.7. The molecule has 0 saturated carbocycles. The lowest BCUT2D eigenvalue weighted by molar-refractivity contribution is -0.137. The largest absolute Gasteiger partial charge is 0.417 e. The van der Waals surface area contributed by atoms with Crippen molar-refractivity contribution in [3.63, 3.8) is 0 Å². The van der Waals surface area contributed by atoms with Gasteiger partial charge in [0, 0.05) is 25.9 Å². The van der Waals surface area contributed by atoms with Crippen LogP contribution in [0.25, 0.3) is 0 Å². The average Bonchev–Trinajstić information content (AvgIpc) is 2.85. The third kappa shape index (κ3) is 6.46. The zero-order valence-corrected chi connectivity index (χ0v) is 23.1. The Balaban J connectivity index is 2.17. The number of ether oxygens (including phenoxy) is 1. The second-order valence-corrected chi connectivity index (χ2v) is 12.1. The van der Waals surface area contributed by atoms with E-state index in [4.69, 9.17) is 27.9 Å². The Kier molecular flexibility index (Phi) is 9.09. The summed E-state index contributed by atoms with van der Waals surface area (Å²) < 4.78 is 85.1. The Morgan fingerprint density at radius 2 is 1.76 bits per heavy atom. The molecule has 0 aliphatic heterocycles. The lowest BCUT2D eigenvalue weighted by Gasteiger charge is -2.25. The molecule has 3 aromatic rings. The number of carbonyl (C=O) groups is 1. The molecule has 0 amide bonds. The van der Waals surface area contributed by atoms with Gasteiger partial charge in [-0.2, -0.15) is 13.2 Å². The van der Waals surface area contributed by atoms with Crippen molar-refractivity contribution in [2.45, 2.75) is 11.1 Å². The number of anilines is 2. The number of sulfonamides is 1. The molecule has 0 bridgehead atoms. The lowest BCUT2D eigenvalue weighted by Crippen LogP contribution is -2.31. The highest BCUT2D eigenvalue weighted by Gasteiger charge is 2.35. The van der Waals surface area contributed by atoms with Crippen LogP contribution in [0.1, 0.15) is 21.6 Å². The molecule has 15 heteroatoms. The number of benzene rings is 2. The van der Waals surface area contributed by atoms with Crippen LogP contribution in [0.2, 0.25) is 10.0 Å². The number of ketones is 1. The van der Waals surface area contributed by atoms with Gasteiger partial charge in [-0.3, -0.25) is 13.4 Å². The number of aromatic nitrogens is 1. The summed E-state index contributed by atoms with van der Waals surface area (Å²) in [5, 5.41) is -0.549. The van der Waals surface area contributed by atoms with E-state index < -0.39 is 50.3 Å². The fourth-order valence-corrected chi connectivity index (χ4v) is 5.39. The summed E-state index contributed by atoms with van der Waals surface area (Å²) in [4.78, 5) is 17.5. The number of hydrogen-bond donors (Lipinski definition) is 0. The first kappa shape index (κ1) is 29.8. The number of hydrogen-bond acceptors (Lipinski definition) is 6. The maximum Gasteiger partial charge on any atom is 0.417 e. The molecule has 0 aliphatic carbocycles. The smallest absolute Gasteiger partial charge is 0.363 e. The summed E-state index contributed by atoms with van der Waals surface area (Å²) in [5.74, 6) is -0.757. The average molecular weight is 610 g/mol. The predicted octanol–water partition coefficient (Wildman–Crippen LogP) is 5.17. The number of methoxy groups -OCH3 is 1. The molecule has 38 heavy (non-hydrogen) atoms. The molecule has 0 radical (unpaired) electrons. The first-order valence-corrected chi connectivity index (χ1v) is 14.2. The summed E-state index contributed by atoms with van der Waals surface area (Å²) in [5.41, 5.74) is -1.61. The number of carbonyl (C=O) groups excluding carboxylic acids is 1. The molecular weight excluding hydrogens is 590 g/mol. The van der Waals surface area contributed by atoms with Crippen LogP contribution in [0.3, 0.4) is 0 Å². The zero-order valence-electron chi connectivity index (χ0n) is 20.0. The van der Waals surface area contributed by atoms with Gasteiger partial charge in [-0.1, -0.05) is 35.3 Å². The van der Waals surface area contributed by atoms with Gasteiger partial charge < -0.3 is 4.74 Å². The second-order valence-electron chi connectivity index (χ2n) is 7.78. The van der Waals surface area contributed by atoms with Crippen molar-refractivity contribution in [2.75, 3.05) is 35.8 Å². The van der Waals surface area contributed by atoms with Crippen molar-refractivity contribution in [3.8, 4) is 0 Å². The van der Waals surface area contributed by atoms with Crippen molar-refractivity contribution in [1.82, 2.24) is 4.98 Å². The van der Waals surface area contributed by atoms with E-state index in [-0.39, 0.29) is 32.6 Å². The van der Waals surface area contributed by atoms with Crippen molar-refractivity contribution >= 4 is 61.4 Å². The highest BCUT2D eigenvalue weighted by Crippen LogP contribution is 2.37. The van der Waals surface area contributed by atoms with Gasteiger partial charge in [-0.15, -0.1) is 0 Å². The summed E-state index contributed by atoms with van der Waals surface area (Å²) >= 11 is 11.8. The fraction of sp³-hybridized carbons (Fsp3) is 0.217. The molecule has 0 spiro atoms. The molecule has 1 heterocycles. The maximum atomic E-state index is 13.7. The number of nitrogens with zero attached hydrogens (tertiary/aromatic N) is 3. The number of pyridine rings is 1. The summed E-state index contributed by atoms with van der Waals surface area (Å²) in [6.45, 7) is -0.441. The molecule has 8 nitrogen and oxygen atoms in total. The van der Waals surface area contributed by atoms with Crippen molar-refractivity contribution in [3.05, 3.63) is 81.6 Å². The predicted molar refractivity (Wildman–Crippen MR) is 140 cm³/mol. The van der Waals surface area contributed by atoms with E-state index in [1.54, 1.807) is 0 Å². The molecule has 0 aliphatic rings. The van der Waals surface area contributed by atoms with Gasteiger partial charge in [-0.05, 0) is 36.4 Å². The second kappa shape index (κ2) is 11.6. The molecule has 3 rings (SSSR count). The topological polar surface area (TPSA) is 96.9 Å². The molecule has 204 valence electrons. The van der Waals surface area contributed by atoms with Gasteiger partial charge >= 0.3 is 6.18 Å². The van der Waals surface area contributed by atoms with Gasteiger partial charge in [0.05, 0.1) is 38.1 Å². The van der Waals surface area contributed by atoms with E-state index in [0.717, 1.165) is 33.2 Å². The molecule has 1 atom stereocenters. The molecule has 1 unspecified atom stereocenters. The zero-order chi connectivity index (χ0) is 28.4. The molecule has 0 N–H and O–H groups in total. The van der Waals surface area contributed by atoms with E-state index >= 15 is 0 Å². The van der Waals surface area contributed by atoms with Gasteiger partial charge in [0.2, 0.25) is 15.8 Å². The Labute approximate surface area is 229 Å². The minimum Gasteiger partial charge on any atom is -0.363 e. The summed E-state index contributed by atoms with van der Waals surface area (Å²) in [7, 11) is -3.58. The number of rotatable bonds is 9. The monoisotopic (exact) mass is 609 g/mol. The van der Waals surface area contributed by atoms with Crippen molar-refractivity contribution in [2.24, 2.45) is 0 Å². The SMILES string of the molecule is COCN(c1cc(Cl)cnc1C(=O)c1ccccc1N(C)S(C)(=O)=O)S(=O)c1ccc(Cl)c(C(F)(F)F)c1. The Morgan fingerprint density at radius 1 is 1.11 bits per heavy atom. The minimum atomic E-state index is -4.81. The van der Waals surface area contributed by atoms with Crippen LogP contribution >= 0.6 is 23.2 Å². The first-order valence-electron chi connectivity index (χ1n) is 10.4. The lowest BCUT2D eigenvalue weighted by atomic mass is 10.0. The van der Waals surface area contributed by atoms with Crippen molar-refractivity contribution < 1.29 is 35.3 Å². The summed E-state index contributed by atoms with van der Waals surface area (Å²) in [6, 6.07) is 9.84. The summed E-state index contributed by atoms with van der Waals surface area (Å²) in [6.07, 6.45) is -2.69. The van der Waals surface area contributed by atoms with Gasteiger partial charge in [0.1, 0.15) is 12.4 Å². The fourth-order valence-electron chi connectivity index (χ4n) is 3.32. The number of para-hydroxylation sites is 1. The minimum absolute atomic E-state index is 0.0308. The third-order valence-corrected chi connectivity index (χ3v) is 8.28. The number of halogens is 5. The Morgan fingerprint density at radius 3 is 2.37 bits per heavy atom. The molecule has 0 saturated heterocycles. The standard InChI is InChI=1S/C23H20Cl2F3N3O5S2/c1-30(38(3,34)35)19-7-5-4-6-16(19)22(32)21-20(10-14(24)12-29-21)31(13-36-2)37(33)15-8-9-18(25)17(11-15)23(26,27)28/h4-12H,13H2,1-3H3. The third-order valence-electron chi connectivity index (χ3n) is 5.19. The van der Waals surface area contributed by atoms with Crippen LogP contribution in [0.15, 0.2) is 59.6 Å². The van der Waals surface area contributed by atoms with E-state index in [0.29, 0.717) is 6.07 Å². The molecule has 0 fully saturated rings. The molecule has 1 aromatic heterocycles. The normalized spacial score (nSPS) is 12.7. The van der Waals surface area contributed by atoms with Crippen LogP contribution in [-0.4, -0.2) is 50.5 Å². The van der Waals surface area contributed by atoms with Gasteiger partial charge in [-0.25, -0.2) is 17.6 Å². The van der Waals surface area contributed by atoms with Gasteiger partial charge in [0.15, 0.2) is 11.0 Å². The Bertz CT molecular complexity index is 1500.